The predicted molar refractivity (Wildman–Crippen MR) is 132 cm³/mol. The van der Waals surface area contributed by atoms with E-state index in [1.807, 2.05) is 35.7 Å². The van der Waals surface area contributed by atoms with Crippen LogP contribution < -0.4 is 15.5 Å². The maximum Gasteiger partial charge on any atom is 0.261 e. The Kier molecular flexibility index (Phi) is 4.37. The van der Waals surface area contributed by atoms with Gasteiger partial charge in [-0.05, 0) is 42.8 Å². The smallest absolute Gasteiger partial charge is 0.261 e. The Bertz CT molecular complexity index is 1520. The summed E-state index contributed by atoms with van der Waals surface area (Å²) in [6, 6.07) is 10.2. The number of fused-ring (bicyclic) bond motifs is 3. The maximum atomic E-state index is 13.2. The lowest BCUT2D eigenvalue weighted by atomic mass is 9.93. The summed E-state index contributed by atoms with van der Waals surface area (Å²) in [5, 5.41) is 9.76. The first-order valence-electron chi connectivity index (χ1n) is 11.6. The van der Waals surface area contributed by atoms with Gasteiger partial charge in [-0.25, -0.2) is 9.97 Å². The van der Waals surface area contributed by atoms with Crippen molar-refractivity contribution < 1.29 is 9.59 Å². The fourth-order valence-corrected chi connectivity index (χ4v) is 6.39. The van der Waals surface area contributed by atoms with Gasteiger partial charge in [0.15, 0.2) is 0 Å². The number of imide groups is 1. The summed E-state index contributed by atoms with van der Waals surface area (Å²) in [5.74, 6) is 0.380. The van der Waals surface area contributed by atoms with Gasteiger partial charge >= 0.3 is 0 Å². The standard InChI is InChI=1S/C25H22N6O2S/c32-22-19(16-11-27-24-14(16)7-10-34-24)20(23(33)30-22)21-15-3-1-2-4-18(15)28-25(29-21)31-9-6-17-13(12-31)5-8-26-17/h1-4,7,10-11,13,17,26-27H,5-6,8-9,12H2,(H,30,32,33). The average molecular weight is 471 g/mol. The summed E-state index contributed by atoms with van der Waals surface area (Å²) in [6.07, 6.45) is 4.00. The molecule has 8 nitrogen and oxygen atoms in total. The van der Waals surface area contributed by atoms with Crippen LogP contribution in [0.2, 0.25) is 0 Å². The van der Waals surface area contributed by atoms with Gasteiger partial charge < -0.3 is 15.2 Å². The number of thiophene rings is 1. The van der Waals surface area contributed by atoms with Gasteiger partial charge in [0.2, 0.25) is 5.95 Å². The molecule has 6 heterocycles. The molecule has 3 N–H and O–H groups in total. The summed E-state index contributed by atoms with van der Waals surface area (Å²) in [6.45, 7) is 2.80. The Hall–Kier alpha value is -3.56. The number of aromatic nitrogens is 3. The lowest BCUT2D eigenvalue weighted by Crippen LogP contribution is -2.45. The number of piperidine rings is 1. The van der Waals surface area contributed by atoms with Gasteiger partial charge in [-0.15, -0.1) is 11.3 Å². The number of hydrogen-bond acceptors (Lipinski definition) is 7. The Morgan fingerprint density at radius 3 is 2.82 bits per heavy atom. The van der Waals surface area contributed by atoms with E-state index in [-0.39, 0.29) is 0 Å². The van der Waals surface area contributed by atoms with Crippen molar-refractivity contribution in [1.29, 1.82) is 0 Å². The van der Waals surface area contributed by atoms with Crippen LogP contribution in [0.3, 0.4) is 0 Å². The van der Waals surface area contributed by atoms with E-state index in [9.17, 15) is 9.59 Å². The second-order valence-corrected chi connectivity index (χ2v) is 10.0. The van der Waals surface area contributed by atoms with Crippen molar-refractivity contribution in [3.05, 3.63) is 53.2 Å². The first-order valence-corrected chi connectivity index (χ1v) is 12.5. The number of aromatic amines is 1. The van der Waals surface area contributed by atoms with Crippen LogP contribution in [0.15, 0.2) is 41.9 Å². The topological polar surface area (TPSA) is 103 Å². The number of nitrogens with zero attached hydrogens (tertiary/aromatic N) is 3. The Labute approximate surface area is 199 Å². The van der Waals surface area contributed by atoms with Gasteiger partial charge in [0.25, 0.3) is 11.8 Å². The van der Waals surface area contributed by atoms with Gasteiger partial charge in [0, 0.05) is 41.7 Å². The lowest BCUT2D eigenvalue weighted by Gasteiger charge is -2.35. The van der Waals surface area contributed by atoms with Gasteiger partial charge in [-0.3, -0.25) is 14.9 Å². The van der Waals surface area contributed by atoms with Crippen molar-refractivity contribution in [3.8, 4) is 0 Å². The summed E-state index contributed by atoms with van der Waals surface area (Å²) in [4.78, 5) is 42.4. The van der Waals surface area contributed by atoms with E-state index >= 15 is 0 Å². The predicted octanol–water partition coefficient (Wildman–Crippen LogP) is 2.93. The number of H-pyrrole nitrogens is 1. The average Bonchev–Trinajstić information content (AvgIpc) is 3.62. The fraction of sp³-hybridized carbons (Fsp3) is 0.280. The molecule has 9 heteroatoms. The highest BCUT2D eigenvalue weighted by Gasteiger charge is 2.37. The number of amides is 2. The molecule has 2 fully saturated rings. The zero-order valence-corrected chi connectivity index (χ0v) is 19.1. The van der Waals surface area contributed by atoms with Crippen molar-refractivity contribution in [2.75, 3.05) is 24.5 Å². The zero-order valence-electron chi connectivity index (χ0n) is 18.3. The van der Waals surface area contributed by atoms with Crippen LogP contribution in [0, 0.1) is 5.92 Å². The minimum absolute atomic E-state index is 0.314. The van der Waals surface area contributed by atoms with E-state index in [2.05, 4.69) is 20.5 Å². The quantitative estimate of drug-likeness (QED) is 0.398. The van der Waals surface area contributed by atoms with E-state index < -0.39 is 11.8 Å². The van der Waals surface area contributed by atoms with Crippen LogP contribution >= 0.6 is 11.3 Å². The molecule has 2 amide bonds. The third kappa shape index (κ3) is 2.93. The Morgan fingerprint density at radius 2 is 1.88 bits per heavy atom. The molecule has 3 aliphatic rings. The van der Waals surface area contributed by atoms with Crippen molar-refractivity contribution >= 4 is 61.4 Å². The highest BCUT2D eigenvalue weighted by Crippen LogP contribution is 2.38. The molecule has 3 aromatic heterocycles. The highest BCUT2D eigenvalue weighted by molar-refractivity contribution is 7.16. The number of para-hydroxylation sites is 1. The third-order valence-electron chi connectivity index (χ3n) is 7.27. The zero-order chi connectivity index (χ0) is 22.8. The van der Waals surface area contributed by atoms with Crippen LogP contribution in [0.1, 0.15) is 24.1 Å². The molecule has 2 saturated heterocycles. The molecular formula is C25H22N6O2S. The van der Waals surface area contributed by atoms with Gasteiger partial charge in [-0.1, -0.05) is 18.2 Å². The molecule has 1 aromatic carbocycles. The number of benzene rings is 1. The van der Waals surface area contributed by atoms with Crippen LogP contribution in [0.25, 0.3) is 32.3 Å². The largest absolute Gasteiger partial charge is 0.352 e. The van der Waals surface area contributed by atoms with Crippen LogP contribution in [-0.4, -0.2) is 52.4 Å². The van der Waals surface area contributed by atoms with E-state index in [1.54, 1.807) is 17.5 Å². The number of rotatable bonds is 3. The molecule has 4 aromatic rings. The van der Waals surface area contributed by atoms with E-state index in [1.165, 1.54) is 0 Å². The second-order valence-electron chi connectivity index (χ2n) is 9.13. The van der Waals surface area contributed by atoms with Crippen molar-refractivity contribution in [2.24, 2.45) is 5.92 Å². The SMILES string of the molecule is O=C1NC(=O)C(c2c[nH]c3sccc23)=C1c1nc(N2CCC3NCCC3C2)nc2ccccc12. The summed E-state index contributed by atoms with van der Waals surface area (Å²) < 4.78 is 0. The van der Waals surface area contributed by atoms with Crippen molar-refractivity contribution in [1.82, 2.24) is 25.6 Å². The summed E-state index contributed by atoms with van der Waals surface area (Å²) in [5.41, 5.74) is 2.67. The molecule has 0 aliphatic carbocycles. The van der Waals surface area contributed by atoms with E-state index in [4.69, 9.17) is 9.97 Å². The molecule has 0 spiro atoms. The Balaban J connectivity index is 1.43. The molecule has 3 aliphatic heterocycles. The van der Waals surface area contributed by atoms with Gasteiger partial charge in [-0.2, -0.15) is 0 Å². The van der Waals surface area contributed by atoms with Crippen molar-refractivity contribution in [2.45, 2.75) is 18.9 Å². The Morgan fingerprint density at radius 1 is 1.00 bits per heavy atom. The monoisotopic (exact) mass is 470 g/mol. The van der Waals surface area contributed by atoms with Gasteiger partial charge in [0.05, 0.1) is 22.4 Å². The molecule has 170 valence electrons. The van der Waals surface area contributed by atoms with Gasteiger partial charge in [0.1, 0.15) is 4.83 Å². The second kappa shape index (κ2) is 7.48. The van der Waals surface area contributed by atoms with Crippen molar-refractivity contribution in [3.63, 3.8) is 0 Å². The van der Waals surface area contributed by atoms with Crippen LogP contribution in [0.5, 0.6) is 0 Å². The number of carbonyl (C=O) groups excluding carboxylic acids is 2. The minimum atomic E-state index is -0.418. The maximum absolute atomic E-state index is 13.2. The van der Waals surface area contributed by atoms with Crippen LogP contribution in [0.4, 0.5) is 5.95 Å². The van der Waals surface area contributed by atoms with Crippen LogP contribution in [-0.2, 0) is 9.59 Å². The molecule has 2 atom stereocenters. The summed E-state index contributed by atoms with van der Waals surface area (Å²) >= 11 is 1.57. The minimum Gasteiger partial charge on any atom is -0.352 e. The third-order valence-corrected chi connectivity index (χ3v) is 8.12. The molecule has 0 bridgehead atoms. The van der Waals surface area contributed by atoms with E-state index in [0.29, 0.717) is 34.7 Å². The molecule has 0 saturated carbocycles. The number of carbonyl (C=O) groups is 2. The first kappa shape index (κ1) is 19.9. The number of hydrogen-bond donors (Lipinski definition) is 3. The molecule has 0 radical (unpaired) electrons. The first-order chi connectivity index (χ1) is 16.7. The molecule has 2 unspecified atom stereocenters. The number of nitrogens with one attached hydrogen (secondary N) is 3. The molecular weight excluding hydrogens is 448 g/mol. The fourth-order valence-electron chi connectivity index (χ4n) is 5.62. The number of anilines is 1. The molecule has 7 rings (SSSR count). The normalized spacial score (nSPS) is 22.8. The highest BCUT2D eigenvalue weighted by atomic mass is 32.1. The lowest BCUT2D eigenvalue weighted by molar-refractivity contribution is -0.122. The summed E-state index contributed by atoms with van der Waals surface area (Å²) in [7, 11) is 0. The molecule has 34 heavy (non-hydrogen) atoms. The van der Waals surface area contributed by atoms with E-state index in [0.717, 1.165) is 59.2 Å².